The zero-order valence-electron chi connectivity index (χ0n) is 11.2. The van der Waals surface area contributed by atoms with Gasteiger partial charge in [-0.2, -0.15) is 13.2 Å². The second-order valence-electron chi connectivity index (χ2n) is 4.71. The number of alkyl halides is 3. The third-order valence-corrected chi connectivity index (χ3v) is 3.93. The Bertz CT molecular complexity index is 608. The van der Waals surface area contributed by atoms with Crippen LogP contribution in [0.1, 0.15) is 5.56 Å². The van der Waals surface area contributed by atoms with E-state index in [1.807, 2.05) is 0 Å². The Hall–Kier alpha value is -0.550. The number of nitro groups is 1. The quantitative estimate of drug-likeness (QED) is 0.283. The molecule has 122 valence electrons. The van der Waals surface area contributed by atoms with E-state index in [0.717, 1.165) is 12.1 Å². The predicted molar refractivity (Wildman–Crippen MR) is 90.6 cm³/mol. The number of anilines is 1. The van der Waals surface area contributed by atoms with Crippen molar-refractivity contribution in [2.75, 3.05) is 31.1 Å². The van der Waals surface area contributed by atoms with E-state index in [9.17, 15) is 23.3 Å². The van der Waals surface area contributed by atoms with Crippen LogP contribution in [0.15, 0.2) is 18.2 Å². The van der Waals surface area contributed by atoms with E-state index in [2.05, 4.69) is 12.6 Å². The van der Waals surface area contributed by atoms with E-state index in [0.29, 0.717) is 36.6 Å². The second kappa shape index (κ2) is 8.02. The van der Waals surface area contributed by atoms with Crippen LogP contribution < -0.4 is 4.90 Å². The van der Waals surface area contributed by atoms with E-state index in [1.165, 1.54) is 0 Å². The summed E-state index contributed by atoms with van der Waals surface area (Å²) in [7, 11) is 0. The van der Waals surface area contributed by atoms with Gasteiger partial charge in [-0.1, -0.05) is 12.2 Å². The second-order valence-corrected chi connectivity index (χ2v) is 5.83. The number of rotatable bonds is 2. The van der Waals surface area contributed by atoms with Gasteiger partial charge in [0, 0.05) is 44.0 Å². The fourth-order valence-corrected chi connectivity index (χ4v) is 2.66. The van der Waals surface area contributed by atoms with Crippen molar-refractivity contribution < 1.29 is 18.1 Å². The molecular formula is C12H13F3N3NaO2S2. The van der Waals surface area contributed by atoms with Crippen molar-refractivity contribution in [3.8, 4) is 0 Å². The van der Waals surface area contributed by atoms with Crippen LogP contribution in [0.25, 0.3) is 0 Å². The molecule has 0 atom stereocenters. The average molecular weight is 375 g/mol. The first-order valence-electron chi connectivity index (χ1n) is 6.28. The number of halogens is 3. The summed E-state index contributed by atoms with van der Waals surface area (Å²) in [6.45, 7) is 1.58. The van der Waals surface area contributed by atoms with Gasteiger partial charge in [0.15, 0.2) is 0 Å². The van der Waals surface area contributed by atoms with E-state index in [1.54, 1.807) is 9.80 Å². The molecule has 0 amide bonds. The number of benzene rings is 1. The Morgan fingerprint density at radius 2 is 1.83 bits per heavy atom. The molecule has 0 unspecified atom stereocenters. The zero-order valence-corrected chi connectivity index (χ0v) is 12.9. The number of non-ortho nitro benzene ring substituents is 1. The molecule has 1 aliphatic heterocycles. The van der Waals surface area contributed by atoms with Gasteiger partial charge in [0.1, 0.15) is 4.32 Å². The number of thiocarbonyl (C=S) groups is 1. The van der Waals surface area contributed by atoms with Crippen molar-refractivity contribution in [2.24, 2.45) is 0 Å². The van der Waals surface area contributed by atoms with Crippen molar-refractivity contribution >= 4 is 70.1 Å². The van der Waals surface area contributed by atoms with Crippen molar-refractivity contribution in [3.63, 3.8) is 0 Å². The monoisotopic (exact) mass is 375 g/mol. The molecule has 0 spiro atoms. The molecule has 1 aromatic carbocycles. The molecule has 0 radical (unpaired) electrons. The number of hydrogen-bond acceptors (Lipinski definition) is 4. The molecule has 0 bridgehead atoms. The third-order valence-electron chi connectivity index (χ3n) is 3.39. The van der Waals surface area contributed by atoms with Crippen molar-refractivity contribution in [1.82, 2.24) is 4.90 Å². The Balaban J connectivity index is 0.00000264. The summed E-state index contributed by atoms with van der Waals surface area (Å²) in [5, 5.41) is 10.7. The maximum absolute atomic E-state index is 13.2. The fraction of sp³-hybridized carbons (Fsp3) is 0.417. The molecule has 2 rings (SSSR count). The van der Waals surface area contributed by atoms with Crippen LogP contribution in [0.5, 0.6) is 0 Å². The number of nitrogens with zero attached hydrogens (tertiary/aromatic N) is 3. The maximum atomic E-state index is 13.2. The molecule has 0 N–H and O–H groups in total. The minimum absolute atomic E-state index is 0. The van der Waals surface area contributed by atoms with Crippen molar-refractivity contribution in [1.29, 1.82) is 0 Å². The number of thiol groups is 1. The van der Waals surface area contributed by atoms with Gasteiger partial charge in [0.2, 0.25) is 0 Å². The summed E-state index contributed by atoms with van der Waals surface area (Å²) < 4.78 is 39.9. The number of piperazine rings is 1. The van der Waals surface area contributed by atoms with Gasteiger partial charge >= 0.3 is 35.7 Å². The van der Waals surface area contributed by atoms with Gasteiger partial charge in [0.25, 0.3) is 5.69 Å². The van der Waals surface area contributed by atoms with Crippen molar-refractivity contribution in [2.45, 2.75) is 6.18 Å². The van der Waals surface area contributed by atoms with Crippen molar-refractivity contribution in [3.05, 3.63) is 33.9 Å². The zero-order chi connectivity index (χ0) is 16.5. The topological polar surface area (TPSA) is 49.6 Å². The molecule has 1 aromatic rings. The van der Waals surface area contributed by atoms with Crippen LogP contribution in [-0.2, 0) is 6.18 Å². The summed E-state index contributed by atoms with van der Waals surface area (Å²) in [5.41, 5.74) is -1.63. The van der Waals surface area contributed by atoms with Crippen LogP contribution in [-0.4, -0.2) is 69.9 Å². The van der Waals surface area contributed by atoms with Crippen LogP contribution >= 0.6 is 24.8 Å². The molecule has 11 heteroatoms. The summed E-state index contributed by atoms with van der Waals surface area (Å²) >= 11 is 8.96. The first kappa shape index (κ1) is 20.5. The molecule has 23 heavy (non-hydrogen) atoms. The third kappa shape index (κ3) is 4.96. The first-order chi connectivity index (χ1) is 10.2. The predicted octanol–water partition coefficient (Wildman–Crippen LogP) is 2.30. The first-order valence-corrected chi connectivity index (χ1v) is 7.14. The molecule has 1 aliphatic rings. The minimum atomic E-state index is -4.66. The Morgan fingerprint density at radius 1 is 1.26 bits per heavy atom. The van der Waals surface area contributed by atoms with Gasteiger partial charge in [0.05, 0.1) is 10.5 Å². The standard InChI is InChI=1S/C12H12F3N3O2S2.Na.H/c13-12(14,15)9-7-8(18(19)20)1-2-10(9)16-3-5-17(6-4-16)11(21)22;;/h1-2,7H,3-6H2,(H,21,22);;. The molecule has 1 saturated heterocycles. The molecule has 1 heterocycles. The Labute approximate surface area is 163 Å². The number of hydrogen-bond donors (Lipinski definition) is 1. The SMILES string of the molecule is O=[N+]([O-])c1ccc(N2CCN(C(=S)S)CC2)c(C(F)(F)F)c1.[NaH]. The summed E-state index contributed by atoms with van der Waals surface area (Å²) in [6.07, 6.45) is -4.66. The van der Waals surface area contributed by atoms with Crippen LogP contribution in [0.4, 0.5) is 24.5 Å². The Morgan fingerprint density at radius 3 is 2.26 bits per heavy atom. The summed E-state index contributed by atoms with van der Waals surface area (Å²) in [4.78, 5) is 13.2. The van der Waals surface area contributed by atoms with E-state index < -0.39 is 22.4 Å². The van der Waals surface area contributed by atoms with E-state index in [-0.39, 0.29) is 35.2 Å². The van der Waals surface area contributed by atoms with Gasteiger partial charge in [-0.3, -0.25) is 10.1 Å². The molecule has 5 nitrogen and oxygen atoms in total. The van der Waals surface area contributed by atoms with Crippen LogP contribution in [0, 0.1) is 10.1 Å². The van der Waals surface area contributed by atoms with E-state index >= 15 is 0 Å². The number of nitro benzene ring substituents is 1. The van der Waals surface area contributed by atoms with Gasteiger partial charge in [-0.05, 0) is 6.07 Å². The summed E-state index contributed by atoms with van der Waals surface area (Å²) in [5.74, 6) is 0. The molecule has 0 saturated carbocycles. The molecular weight excluding hydrogens is 362 g/mol. The van der Waals surface area contributed by atoms with Gasteiger partial charge < -0.3 is 9.80 Å². The molecule has 1 fully saturated rings. The van der Waals surface area contributed by atoms with Crippen LogP contribution in [0.3, 0.4) is 0 Å². The van der Waals surface area contributed by atoms with E-state index in [4.69, 9.17) is 12.2 Å². The van der Waals surface area contributed by atoms with Gasteiger partial charge in [-0.15, -0.1) is 12.6 Å². The molecule has 0 aromatic heterocycles. The fourth-order valence-electron chi connectivity index (χ4n) is 2.28. The normalized spacial score (nSPS) is 15.1. The average Bonchev–Trinajstić information content (AvgIpc) is 2.45. The summed E-state index contributed by atoms with van der Waals surface area (Å²) in [6, 6.07) is 2.81. The molecule has 0 aliphatic carbocycles. The van der Waals surface area contributed by atoms with Gasteiger partial charge in [-0.25, -0.2) is 0 Å². The van der Waals surface area contributed by atoms with Crippen LogP contribution in [0.2, 0.25) is 0 Å². The Kier molecular flexibility index (Phi) is 7.14.